The molecule has 1 atom stereocenters. The normalized spacial score (nSPS) is 16.5. The predicted molar refractivity (Wildman–Crippen MR) is 109 cm³/mol. The maximum absolute atomic E-state index is 13.8. The molecule has 0 bridgehead atoms. The number of nitrogens with zero attached hydrogens (tertiary/aromatic N) is 1. The van der Waals surface area contributed by atoms with Crippen LogP contribution in [0.5, 0.6) is 5.75 Å². The molecular formula is C22H25F4N3O2. The van der Waals surface area contributed by atoms with Crippen molar-refractivity contribution < 1.29 is 27.0 Å². The molecule has 0 aromatic heterocycles. The summed E-state index contributed by atoms with van der Waals surface area (Å²) in [5.74, 6) is -4.88. The summed E-state index contributed by atoms with van der Waals surface area (Å²) in [7, 11) is 1.47. The second-order valence-corrected chi connectivity index (χ2v) is 7.28. The first-order chi connectivity index (χ1) is 14.9. The van der Waals surface area contributed by atoms with Crippen LogP contribution in [0, 0.1) is 30.2 Å². The van der Waals surface area contributed by atoms with Gasteiger partial charge in [-0.1, -0.05) is 12.1 Å². The predicted octanol–water partition coefficient (Wildman–Crippen LogP) is 3.97. The third kappa shape index (κ3) is 5.88. The molecule has 0 radical (unpaired) electrons. The van der Waals surface area contributed by atoms with Gasteiger partial charge in [0.15, 0.2) is 29.2 Å². The molecule has 1 saturated heterocycles. The highest BCUT2D eigenvalue weighted by atomic mass is 19.2. The van der Waals surface area contributed by atoms with Crippen molar-refractivity contribution in [3.63, 3.8) is 0 Å². The van der Waals surface area contributed by atoms with Crippen LogP contribution < -0.4 is 15.4 Å². The molecule has 1 fully saturated rings. The lowest BCUT2D eigenvalue weighted by molar-refractivity contribution is 0.0676. The van der Waals surface area contributed by atoms with Gasteiger partial charge in [0.1, 0.15) is 12.4 Å². The Labute approximate surface area is 178 Å². The minimum absolute atomic E-state index is 0.0761. The summed E-state index contributed by atoms with van der Waals surface area (Å²) in [4.78, 5) is 3.98. The molecule has 1 unspecified atom stereocenters. The van der Waals surface area contributed by atoms with Crippen molar-refractivity contribution >= 4 is 5.96 Å². The average molecular weight is 439 g/mol. The van der Waals surface area contributed by atoms with Crippen molar-refractivity contribution in [2.75, 3.05) is 20.3 Å². The Morgan fingerprint density at radius 3 is 2.45 bits per heavy atom. The maximum Gasteiger partial charge on any atom is 0.191 e. The van der Waals surface area contributed by atoms with E-state index in [1.54, 1.807) is 0 Å². The molecule has 2 aromatic rings. The lowest BCUT2D eigenvalue weighted by Gasteiger charge is -2.17. The minimum atomic E-state index is -1.45. The largest absolute Gasteiger partial charge is 0.491 e. The monoisotopic (exact) mass is 439 g/mol. The number of rotatable bonds is 7. The van der Waals surface area contributed by atoms with Gasteiger partial charge < -0.3 is 20.1 Å². The lowest BCUT2D eigenvalue weighted by Crippen LogP contribution is -2.37. The summed E-state index contributed by atoms with van der Waals surface area (Å²) in [6.07, 6.45) is 2.06. The molecule has 0 saturated carbocycles. The van der Waals surface area contributed by atoms with Crippen molar-refractivity contribution in [2.45, 2.75) is 39.0 Å². The van der Waals surface area contributed by atoms with Crippen LogP contribution in [0.4, 0.5) is 17.6 Å². The smallest absolute Gasteiger partial charge is 0.191 e. The fourth-order valence-corrected chi connectivity index (χ4v) is 3.25. The molecule has 1 aliphatic rings. The van der Waals surface area contributed by atoms with Crippen molar-refractivity contribution in [1.29, 1.82) is 0 Å². The molecule has 2 N–H and O–H groups in total. The van der Waals surface area contributed by atoms with Crippen LogP contribution in [0.1, 0.15) is 29.5 Å². The van der Waals surface area contributed by atoms with Gasteiger partial charge in [-0.25, -0.2) is 17.6 Å². The number of nitrogens with one attached hydrogen (secondary N) is 2. The van der Waals surface area contributed by atoms with Crippen molar-refractivity contribution in [2.24, 2.45) is 4.99 Å². The molecule has 5 nitrogen and oxygen atoms in total. The van der Waals surface area contributed by atoms with Crippen molar-refractivity contribution in [3.05, 3.63) is 64.2 Å². The molecule has 168 valence electrons. The molecule has 9 heteroatoms. The molecule has 0 aliphatic carbocycles. The Bertz CT molecular complexity index is 921. The van der Waals surface area contributed by atoms with Crippen molar-refractivity contribution in [3.8, 4) is 5.75 Å². The van der Waals surface area contributed by atoms with Crippen LogP contribution in [0.25, 0.3) is 0 Å². The first kappa shape index (κ1) is 22.9. The second kappa shape index (κ2) is 10.5. The highest BCUT2D eigenvalue weighted by molar-refractivity contribution is 5.79. The van der Waals surface area contributed by atoms with Crippen LogP contribution in [0.3, 0.4) is 0 Å². The standard InChI is InChI=1S/C22H25F4N3O2/c1-13-5-6-14(19(8-13)31-12-15-4-3-7-30-15)10-28-22(27-2)29-11-16-20(25)17(23)9-18(24)21(16)26/h5-6,8-9,15H,3-4,7,10-12H2,1-2H3,(H2,27,28,29). The van der Waals surface area contributed by atoms with E-state index < -0.39 is 35.4 Å². The van der Waals surface area contributed by atoms with E-state index in [-0.39, 0.29) is 18.1 Å². The SMILES string of the molecule is CN=C(NCc1ccc(C)cc1OCC1CCCO1)NCc1c(F)c(F)cc(F)c1F. The molecule has 1 aliphatic heterocycles. The summed E-state index contributed by atoms with van der Waals surface area (Å²) in [5.41, 5.74) is 1.14. The highest BCUT2D eigenvalue weighted by Crippen LogP contribution is 2.22. The van der Waals surface area contributed by atoms with E-state index in [4.69, 9.17) is 9.47 Å². The Morgan fingerprint density at radius 1 is 1.10 bits per heavy atom. The number of aliphatic imine (C=N–C) groups is 1. The van der Waals surface area contributed by atoms with Gasteiger partial charge in [-0.2, -0.15) is 0 Å². The van der Waals surface area contributed by atoms with Gasteiger partial charge in [0, 0.05) is 43.9 Å². The number of aryl methyl sites for hydroxylation is 1. The van der Waals surface area contributed by atoms with E-state index in [0.29, 0.717) is 18.9 Å². The maximum atomic E-state index is 13.8. The van der Waals surface area contributed by atoms with E-state index in [1.807, 2.05) is 25.1 Å². The highest BCUT2D eigenvalue weighted by Gasteiger charge is 2.19. The van der Waals surface area contributed by atoms with Gasteiger partial charge >= 0.3 is 0 Å². The molecular weight excluding hydrogens is 414 g/mol. The number of hydrogen-bond acceptors (Lipinski definition) is 3. The molecule has 0 spiro atoms. The van der Waals surface area contributed by atoms with Gasteiger partial charge in [0.2, 0.25) is 0 Å². The Hall–Kier alpha value is -2.81. The zero-order chi connectivity index (χ0) is 22.4. The van der Waals surface area contributed by atoms with Crippen LogP contribution in [-0.2, 0) is 17.8 Å². The minimum Gasteiger partial charge on any atom is -0.491 e. The van der Waals surface area contributed by atoms with Crippen LogP contribution >= 0.6 is 0 Å². The van der Waals surface area contributed by atoms with Gasteiger partial charge in [0.25, 0.3) is 0 Å². The van der Waals surface area contributed by atoms with E-state index in [1.165, 1.54) is 7.05 Å². The van der Waals surface area contributed by atoms with Gasteiger partial charge in [0.05, 0.1) is 6.10 Å². The lowest BCUT2D eigenvalue weighted by atomic mass is 10.1. The molecule has 3 rings (SSSR count). The Balaban J connectivity index is 1.62. The zero-order valence-corrected chi connectivity index (χ0v) is 17.4. The summed E-state index contributed by atoms with van der Waals surface area (Å²) >= 11 is 0. The Morgan fingerprint density at radius 2 is 1.81 bits per heavy atom. The fraction of sp³-hybridized carbons (Fsp3) is 0.409. The van der Waals surface area contributed by atoms with E-state index in [2.05, 4.69) is 15.6 Å². The number of ether oxygens (including phenoxy) is 2. The third-order valence-corrected chi connectivity index (χ3v) is 4.98. The number of hydrogen-bond donors (Lipinski definition) is 2. The van der Waals surface area contributed by atoms with Crippen LogP contribution in [-0.4, -0.2) is 32.3 Å². The van der Waals surface area contributed by atoms with Crippen LogP contribution in [0.15, 0.2) is 29.3 Å². The van der Waals surface area contributed by atoms with E-state index in [0.717, 1.165) is 30.6 Å². The quantitative estimate of drug-likeness (QED) is 0.297. The molecule has 1 heterocycles. The first-order valence-electron chi connectivity index (χ1n) is 9.99. The summed E-state index contributed by atoms with van der Waals surface area (Å²) in [6, 6.07) is 5.94. The molecule has 2 aromatic carbocycles. The van der Waals surface area contributed by atoms with Crippen molar-refractivity contribution in [1.82, 2.24) is 10.6 Å². The average Bonchev–Trinajstić information content (AvgIpc) is 3.27. The van der Waals surface area contributed by atoms with Gasteiger partial charge in [-0.3, -0.25) is 4.99 Å². The van der Waals surface area contributed by atoms with Crippen LogP contribution in [0.2, 0.25) is 0 Å². The zero-order valence-electron chi connectivity index (χ0n) is 17.4. The second-order valence-electron chi connectivity index (χ2n) is 7.28. The number of guanidine groups is 1. The molecule has 0 amide bonds. The molecule has 31 heavy (non-hydrogen) atoms. The topological polar surface area (TPSA) is 54.9 Å². The number of halogens is 4. The summed E-state index contributed by atoms with van der Waals surface area (Å²) in [5, 5.41) is 5.67. The fourth-order valence-electron chi connectivity index (χ4n) is 3.25. The van der Waals surface area contributed by atoms with E-state index >= 15 is 0 Å². The third-order valence-electron chi connectivity index (χ3n) is 4.98. The van der Waals surface area contributed by atoms with Gasteiger partial charge in [-0.15, -0.1) is 0 Å². The number of benzene rings is 2. The summed E-state index contributed by atoms with van der Waals surface area (Å²) < 4.78 is 66.0. The van der Waals surface area contributed by atoms with E-state index in [9.17, 15) is 17.6 Å². The van der Waals surface area contributed by atoms with Gasteiger partial charge in [-0.05, 0) is 31.4 Å². The Kier molecular flexibility index (Phi) is 7.73. The summed E-state index contributed by atoms with van der Waals surface area (Å²) in [6.45, 7) is 2.98. The first-order valence-corrected chi connectivity index (χ1v) is 9.99.